The monoisotopic (exact) mass is 541 g/mol. The smallest absolute Gasteiger partial charge is 0.388 e. The van der Waals surface area contributed by atoms with Gasteiger partial charge in [-0.3, -0.25) is 9.52 Å². The highest BCUT2D eigenvalue weighted by atomic mass is 35.5. The molecule has 4 rings (SSSR count). The van der Waals surface area contributed by atoms with Crippen molar-refractivity contribution in [3.05, 3.63) is 79.3 Å². The third-order valence-electron chi connectivity index (χ3n) is 4.78. The molecular weight excluding hydrogens is 527 g/mol. The number of hydrogen-bond donors (Lipinski definition) is 4. The molecule has 8 nitrogen and oxygen atoms in total. The minimum atomic E-state index is -4.93. The molecule has 0 aliphatic rings. The first-order valence-corrected chi connectivity index (χ1v) is 11.8. The Labute approximate surface area is 208 Å². The van der Waals surface area contributed by atoms with Crippen LogP contribution in [0.2, 0.25) is 4.34 Å². The van der Waals surface area contributed by atoms with Gasteiger partial charge < -0.3 is 15.6 Å². The normalized spacial score (nSPS) is 11.5. The van der Waals surface area contributed by atoms with Gasteiger partial charge in [0.15, 0.2) is 0 Å². The number of aromatic nitrogens is 2. The number of carbonyl (C=O) groups excluding carboxylic acids is 1. The van der Waals surface area contributed by atoms with Crippen molar-refractivity contribution in [2.24, 2.45) is 0 Å². The van der Waals surface area contributed by atoms with E-state index in [1.54, 1.807) is 25.2 Å². The van der Waals surface area contributed by atoms with E-state index in [1.165, 1.54) is 23.5 Å². The number of fused-ring (bicyclic) bond motifs is 1. The van der Waals surface area contributed by atoms with Crippen LogP contribution in [0.15, 0.2) is 62.3 Å². The molecule has 0 aliphatic carbocycles. The van der Waals surface area contributed by atoms with E-state index in [-0.39, 0.29) is 16.6 Å². The van der Waals surface area contributed by atoms with Gasteiger partial charge in [0.1, 0.15) is 0 Å². The van der Waals surface area contributed by atoms with Gasteiger partial charge in [0, 0.05) is 18.4 Å². The molecule has 0 radical (unpaired) electrons. The predicted molar refractivity (Wildman–Crippen MR) is 132 cm³/mol. The SMILES string of the molecule is CNc1ccc2c(=O)n(-c3ccc(NC(=O)NSc4ccc(Cl)s4)cc3C(F)(F)F)c(=O)[nH]c2c1. The summed E-state index contributed by atoms with van der Waals surface area (Å²) in [6, 6.07) is 9.77. The fraction of sp³-hybridized carbons (Fsp3) is 0.0952. The molecule has 0 saturated heterocycles. The van der Waals surface area contributed by atoms with Crippen LogP contribution in [0, 0.1) is 0 Å². The number of aromatic amines is 1. The van der Waals surface area contributed by atoms with Crippen LogP contribution in [-0.4, -0.2) is 22.6 Å². The maximum Gasteiger partial charge on any atom is 0.418 e. The Morgan fingerprint density at radius 1 is 1.09 bits per heavy atom. The van der Waals surface area contributed by atoms with Crippen molar-refractivity contribution in [1.29, 1.82) is 0 Å². The molecule has 2 aromatic carbocycles. The van der Waals surface area contributed by atoms with E-state index in [9.17, 15) is 27.6 Å². The van der Waals surface area contributed by atoms with Crippen molar-refractivity contribution in [3.8, 4) is 5.69 Å². The first kappa shape index (κ1) is 24.7. The second-order valence-corrected chi connectivity index (χ2v) is 9.85. The molecular formula is C21H15ClF3N5O3S2. The van der Waals surface area contributed by atoms with E-state index in [0.29, 0.717) is 24.9 Å². The van der Waals surface area contributed by atoms with Gasteiger partial charge in [-0.05, 0) is 60.5 Å². The lowest BCUT2D eigenvalue weighted by Gasteiger charge is -2.16. The molecule has 0 bridgehead atoms. The van der Waals surface area contributed by atoms with Crippen LogP contribution in [0.3, 0.4) is 0 Å². The second-order valence-electron chi connectivity index (χ2n) is 7.03. The lowest BCUT2D eigenvalue weighted by molar-refractivity contribution is -0.137. The third kappa shape index (κ3) is 5.31. The summed E-state index contributed by atoms with van der Waals surface area (Å²) in [7, 11) is 1.64. The molecule has 0 fully saturated rings. The number of H-pyrrole nitrogens is 1. The van der Waals surface area contributed by atoms with Gasteiger partial charge in [0.05, 0.1) is 30.7 Å². The summed E-state index contributed by atoms with van der Waals surface area (Å²) in [5.41, 5.74) is -3.30. The van der Waals surface area contributed by atoms with Crippen molar-refractivity contribution in [2.45, 2.75) is 10.4 Å². The highest BCUT2D eigenvalue weighted by Crippen LogP contribution is 2.35. The lowest BCUT2D eigenvalue weighted by Crippen LogP contribution is -2.35. The largest absolute Gasteiger partial charge is 0.418 e. The van der Waals surface area contributed by atoms with Crippen LogP contribution in [0.5, 0.6) is 0 Å². The molecule has 2 heterocycles. The number of halogens is 4. The fourth-order valence-corrected chi connectivity index (χ4v) is 5.09. The highest BCUT2D eigenvalue weighted by Gasteiger charge is 2.35. The number of nitrogens with zero attached hydrogens (tertiary/aromatic N) is 1. The number of nitrogens with one attached hydrogen (secondary N) is 4. The molecule has 35 heavy (non-hydrogen) atoms. The number of urea groups is 1. The van der Waals surface area contributed by atoms with Gasteiger partial charge in [-0.15, -0.1) is 11.3 Å². The Morgan fingerprint density at radius 3 is 2.49 bits per heavy atom. The van der Waals surface area contributed by atoms with Crippen LogP contribution >= 0.6 is 34.9 Å². The number of anilines is 2. The van der Waals surface area contributed by atoms with Crippen LogP contribution in [-0.2, 0) is 6.18 Å². The molecule has 182 valence electrons. The number of amides is 2. The van der Waals surface area contributed by atoms with Gasteiger partial charge in [0.2, 0.25) is 0 Å². The maximum atomic E-state index is 13.9. The zero-order valence-corrected chi connectivity index (χ0v) is 20.0. The van der Waals surface area contributed by atoms with Crippen LogP contribution in [0.4, 0.5) is 29.3 Å². The summed E-state index contributed by atoms with van der Waals surface area (Å²) in [5.74, 6) is 0. The Bertz CT molecular complexity index is 1550. The molecule has 14 heteroatoms. The second kappa shape index (κ2) is 9.68. The van der Waals surface area contributed by atoms with Gasteiger partial charge >= 0.3 is 17.9 Å². The number of benzene rings is 2. The summed E-state index contributed by atoms with van der Waals surface area (Å²) in [6.45, 7) is 0. The number of alkyl halides is 3. The van der Waals surface area contributed by atoms with Gasteiger partial charge in [-0.2, -0.15) is 13.2 Å². The van der Waals surface area contributed by atoms with Gasteiger partial charge in [-0.25, -0.2) is 14.2 Å². The minimum absolute atomic E-state index is 0.0315. The maximum absolute atomic E-state index is 13.9. The Hall–Kier alpha value is -3.42. The van der Waals surface area contributed by atoms with E-state index < -0.39 is 34.7 Å². The average molecular weight is 542 g/mol. The van der Waals surface area contributed by atoms with Gasteiger partial charge in [0.25, 0.3) is 5.56 Å². The molecule has 0 aliphatic heterocycles. The molecule has 0 unspecified atom stereocenters. The van der Waals surface area contributed by atoms with Crippen LogP contribution < -0.4 is 26.6 Å². The summed E-state index contributed by atoms with van der Waals surface area (Å²) >= 11 is 7.97. The topological polar surface area (TPSA) is 108 Å². The Morgan fingerprint density at radius 2 is 1.83 bits per heavy atom. The van der Waals surface area contributed by atoms with Crippen molar-refractivity contribution in [2.75, 3.05) is 17.7 Å². The summed E-state index contributed by atoms with van der Waals surface area (Å²) in [5, 5.41) is 5.18. The number of rotatable bonds is 5. The predicted octanol–water partition coefficient (Wildman–Crippen LogP) is 5.28. The molecule has 4 aromatic rings. The highest BCUT2D eigenvalue weighted by molar-refractivity contribution is 7.99. The van der Waals surface area contributed by atoms with E-state index in [0.717, 1.165) is 24.1 Å². The Balaban J connectivity index is 1.70. The molecule has 2 aromatic heterocycles. The van der Waals surface area contributed by atoms with Crippen molar-refractivity contribution < 1.29 is 18.0 Å². The molecule has 0 spiro atoms. The summed E-state index contributed by atoms with van der Waals surface area (Å²) in [4.78, 5) is 40.2. The van der Waals surface area contributed by atoms with E-state index in [2.05, 4.69) is 20.3 Å². The molecule has 0 saturated carbocycles. The van der Waals surface area contributed by atoms with Crippen molar-refractivity contribution >= 4 is 63.2 Å². The first-order valence-electron chi connectivity index (χ1n) is 9.74. The van der Waals surface area contributed by atoms with Crippen LogP contribution in [0.25, 0.3) is 16.6 Å². The standard InChI is InChI=1S/C21H15ClF3N5O3S2/c1-26-10-2-4-12-14(9-10)28-20(33)30(18(12)31)15-5-3-11(8-13(15)21(23,24)25)27-19(32)29-35-17-7-6-16(22)34-17/h2-9,26H,1H3,(H,28,33)(H2,27,29,32). The molecule has 2 amide bonds. The van der Waals surface area contributed by atoms with E-state index in [4.69, 9.17) is 11.6 Å². The fourth-order valence-electron chi connectivity index (χ4n) is 3.23. The zero-order valence-electron chi connectivity index (χ0n) is 17.6. The summed E-state index contributed by atoms with van der Waals surface area (Å²) < 4.78 is 45.8. The van der Waals surface area contributed by atoms with Gasteiger partial charge in [-0.1, -0.05) is 11.6 Å². The summed E-state index contributed by atoms with van der Waals surface area (Å²) in [6.07, 6.45) is -4.93. The third-order valence-corrected chi connectivity index (χ3v) is 6.93. The van der Waals surface area contributed by atoms with E-state index >= 15 is 0 Å². The number of hydrogen-bond acceptors (Lipinski definition) is 6. The lowest BCUT2D eigenvalue weighted by atomic mass is 10.1. The van der Waals surface area contributed by atoms with Crippen molar-refractivity contribution in [1.82, 2.24) is 14.3 Å². The number of carbonyl (C=O) groups is 1. The Kier molecular flexibility index (Phi) is 6.83. The zero-order chi connectivity index (χ0) is 25.3. The molecule has 0 atom stereocenters. The molecule has 4 N–H and O–H groups in total. The number of thiophene rings is 1. The van der Waals surface area contributed by atoms with Crippen LogP contribution in [0.1, 0.15) is 5.56 Å². The first-order chi connectivity index (χ1) is 16.6. The van der Waals surface area contributed by atoms with Crippen molar-refractivity contribution in [3.63, 3.8) is 0 Å². The van der Waals surface area contributed by atoms with E-state index in [1.807, 2.05) is 0 Å². The average Bonchev–Trinajstić information content (AvgIpc) is 3.22. The quantitative estimate of drug-likeness (QED) is 0.257. The minimum Gasteiger partial charge on any atom is -0.388 e.